The molecule has 5 heterocycles. The maximum atomic E-state index is 5.67. The number of aromatic nitrogens is 7. The van der Waals surface area contributed by atoms with Gasteiger partial charge in [0.05, 0.1) is 44.1 Å². The third kappa shape index (κ3) is 7.74. The van der Waals surface area contributed by atoms with Crippen molar-refractivity contribution < 1.29 is 0 Å². The average Bonchev–Trinajstić information content (AvgIpc) is 2.78. The normalized spacial score (nSPS) is 11.9. The fourth-order valence-electron chi connectivity index (χ4n) is 13.9. The highest BCUT2D eigenvalue weighted by molar-refractivity contribution is 6.14. The maximum Gasteiger partial charge on any atom is 0.240 e. The van der Waals surface area contributed by atoms with E-state index >= 15 is 0 Å². The van der Waals surface area contributed by atoms with Crippen LogP contribution in [0.2, 0.25) is 0 Å². The third-order valence-electron chi connectivity index (χ3n) is 17.9. The number of nitrogens with zero attached hydrogens (tertiary/aromatic N) is 7. The molecule has 88 heavy (non-hydrogen) atoms. The maximum absolute atomic E-state index is 5.67. The first-order valence-corrected chi connectivity index (χ1v) is 29.9. The lowest BCUT2D eigenvalue weighted by atomic mass is 9.90. The van der Waals surface area contributed by atoms with Crippen molar-refractivity contribution in [3.63, 3.8) is 0 Å². The van der Waals surface area contributed by atoms with Crippen LogP contribution in [-0.2, 0) is 0 Å². The van der Waals surface area contributed by atoms with Crippen LogP contribution >= 0.6 is 0 Å². The van der Waals surface area contributed by atoms with Gasteiger partial charge in [0.2, 0.25) is 11.9 Å². The second kappa shape index (κ2) is 19.8. The summed E-state index contributed by atoms with van der Waals surface area (Å²) in [6.07, 6.45) is 0. The van der Waals surface area contributed by atoms with Gasteiger partial charge in [-0.2, -0.15) is 15.0 Å². The Morgan fingerprint density at radius 3 is 1.00 bits per heavy atom. The molecule has 0 aliphatic heterocycles. The van der Waals surface area contributed by atoms with Crippen molar-refractivity contribution in [2.75, 3.05) is 0 Å². The highest BCUT2D eigenvalue weighted by Crippen LogP contribution is 2.44. The molecule has 0 atom stereocenters. The minimum Gasteiger partial charge on any atom is -0.309 e. The highest BCUT2D eigenvalue weighted by Gasteiger charge is 2.25. The van der Waals surface area contributed by atoms with Crippen molar-refractivity contribution in [3.8, 4) is 79.2 Å². The molecule has 0 amide bonds. The Bertz CT molecular complexity index is 5500. The summed E-state index contributed by atoms with van der Waals surface area (Å²) in [6.45, 7) is 0. The molecular formula is C81H51N7. The first-order chi connectivity index (χ1) is 43.7. The van der Waals surface area contributed by atoms with Crippen LogP contribution in [0.25, 0.3) is 166 Å². The molecule has 0 bridgehead atoms. The minimum atomic E-state index is 0.515. The zero-order valence-electron chi connectivity index (χ0n) is 47.6. The summed E-state index contributed by atoms with van der Waals surface area (Å²) < 4.78 is 9.24. The van der Waals surface area contributed by atoms with Gasteiger partial charge in [0, 0.05) is 65.6 Å². The lowest BCUT2D eigenvalue weighted by molar-refractivity contribution is 0.893. The third-order valence-corrected chi connectivity index (χ3v) is 17.9. The number of rotatable bonds is 9. The lowest BCUT2D eigenvalue weighted by Crippen LogP contribution is -2.10. The van der Waals surface area contributed by atoms with Gasteiger partial charge in [-0.3, -0.25) is 9.13 Å². The van der Waals surface area contributed by atoms with Gasteiger partial charge in [-0.05, 0) is 124 Å². The molecule has 7 nitrogen and oxygen atoms in total. The molecule has 5 aromatic heterocycles. The van der Waals surface area contributed by atoms with Gasteiger partial charge >= 0.3 is 0 Å². The summed E-state index contributed by atoms with van der Waals surface area (Å²) in [7, 11) is 0. The molecule has 13 aromatic carbocycles. The molecule has 0 spiro atoms. The van der Waals surface area contributed by atoms with E-state index in [1.165, 1.54) is 32.6 Å². The van der Waals surface area contributed by atoms with Gasteiger partial charge in [-0.25, -0.2) is 0 Å². The Kier molecular flexibility index (Phi) is 11.2. The quantitative estimate of drug-likeness (QED) is 0.145. The molecule has 0 radical (unpaired) electrons. The molecule has 18 rings (SSSR count). The van der Waals surface area contributed by atoms with Gasteiger partial charge in [0.15, 0.2) is 5.82 Å². The second-order valence-corrected chi connectivity index (χ2v) is 22.7. The number of benzene rings is 13. The Morgan fingerprint density at radius 2 is 0.534 bits per heavy atom. The van der Waals surface area contributed by atoms with Crippen molar-refractivity contribution in [2.24, 2.45) is 0 Å². The van der Waals surface area contributed by atoms with Crippen LogP contribution in [0.15, 0.2) is 309 Å². The van der Waals surface area contributed by atoms with Crippen molar-refractivity contribution in [3.05, 3.63) is 309 Å². The molecule has 0 aliphatic carbocycles. The molecule has 18 aromatic rings. The molecule has 0 saturated heterocycles. The van der Waals surface area contributed by atoms with Crippen molar-refractivity contribution >= 4 is 87.2 Å². The number of hydrogen-bond donors (Lipinski definition) is 0. The van der Waals surface area contributed by atoms with Crippen LogP contribution in [0.1, 0.15) is 0 Å². The van der Waals surface area contributed by atoms with Gasteiger partial charge in [0.25, 0.3) is 0 Å². The molecule has 0 unspecified atom stereocenters. The SMILES string of the molecule is c1ccc(-c2cccc(-c3nc(-n4c5ccccc5c5cc(-c6ccc7c8ccccc8n(-c8ccccc8)c7c6)ccc54)nc(-n4c5ccccc5c5cc(-c6ccc7c8ccccc8n(-c8ccccc8)c7c6)ccc54)n3)c2-c2ccccc2)cc1. The second-order valence-electron chi connectivity index (χ2n) is 22.7. The van der Waals surface area contributed by atoms with Crippen LogP contribution in [-0.4, -0.2) is 33.2 Å². The largest absolute Gasteiger partial charge is 0.309 e. The zero-order chi connectivity index (χ0) is 57.8. The molecule has 0 N–H and O–H groups in total. The number of para-hydroxylation sites is 6. The molecule has 0 saturated carbocycles. The van der Waals surface area contributed by atoms with E-state index in [0.717, 1.165) is 116 Å². The Balaban J connectivity index is 0.858. The predicted molar refractivity (Wildman–Crippen MR) is 364 cm³/mol. The van der Waals surface area contributed by atoms with Gasteiger partial charge in [-0.15, -0.1) is 0 Å². The molecule has 0 fully saturated rings. The summed E-state index contributed by atoms with van der Waals surface area (Å²) in [4.78, 5) is 17.0. The number of hydrogen-bond acceptors (Lipinski definition) is 3. The van der Waals surface area contributed by atoms with E-state index in [9.17, 15) is 0 Å². The highest BCUT2D eigenvalue weighted by atomic mass is 15.3. The van der Waals surface area contributed by atoms with E-state index < -0.39 is 0 Å². The van der Waals surface area contributed by atoms with Gasteiger partial charge < -0.3 is 9.13 Å². The molecule has 410 valence electrons. The van der Waals surface area contributed by atoms with E-state index in [1.807, 2.05) is 0 Å². The predicted octanol–water partition coefficient (Wildman–Crippen LogP) is 20.6. The summed E-state index contributed by atoms with van der Waals surface area (Å²) in [5.41, 5.74) is 20.6. The Hall–Kier alpha value is -11.9. The lowest BCUT2D eigenvalue weighted by Gasteiger charge is -2.17. The minimum absolute atomic E-state index is 0.515. The van der Waals surface area contributed by atoms with E-state index in [0.29, 0.717) is 17.7 Å². The van der Waals surface area contributed by atoms with Crippen LogP contribution < -0.4 is 0 Å². The number of fused-ring (bicyclic) bond motifs is 12. The summed E-state index contributed by atoms with van der Waals surface area (Å²) in [5.74, 6) is 1.59. The van der Waals surface area contributed by atoms with E-state index in [1.54, 1.807) is 0 Å². The van der Waals surface area contributed by atoms with E-state index in [4.69, 9.17) is 15.0 Å². The summed E-state index contributed by atoms with van der Waals surface area (Å²) in [6, 6.07) is 111. The van der Waals surface area contributed by atoms with Crippen LogP contribution in [0, 0.1) is 0 Å². The van der Waals surface area contributed by atoms with E-state index in [-0.39, 0.29) is 0 Å². The smallest absolute Gasteiger partial charge is 0.240 e. The van der Waals surface area contributed by atoms with Crippen molar-refractivity contribution in [1.29, 1.82) is 0 Å². The van der Waals surface area contributed by atoms with Gasteiger partial charge in [0.1, 0.15) is 0 Å². The van der Waals surface area contributed by atoms with Crippen molar-refractivity contribution in [2.45, 2.75) is 0 Å². The molecule has 7 heteroatoms. The topological polar surface area (TPSA) is 58.4 Å². The fraction of sp³-hybridized carbons (Fsp3) is 0. The molecule has 0 aliphatic rings. The monoisotopic (exact) mass is 1120 g/mol. The van der Waals surface area contributed by atoms with Crippen LogP contribution in [0.3, 0.4) is 0 Å². The average molecular weight is 1120 g/mol. The fourth-order valence-corrected chi connectivity index (χ4v) is 13.9. The first-order valence-electron chi connectivity index (χ1n) is 29.9. The Labute approximate surface area is 506 Å². The van der Waals surface area contributed by atoms with Crippen LogP contribution in [0.5, 0.6) is 0 Å². The standard InChI is InChI=1S/C81H51N7/c1-5-22-52(23-6-1)60-34-21-35-67(78(60)53-24-7-2-8-25-53)79-82-80(87-72-38-19-15-32-63(72)68-48-54(42-46-74(68)87)56-40-44-65-61-30-13-17-36-70(61)85(76(65)50-56)58-26-9-3-10-27-58)84-81(83-79)88-73-39-20-16-33-64(73)69-49-55(43-47-75(69)88)57-41-45-66-62-31-14-18-37-71(62)86(77(66)51-57)59-28-11-4-12-29-59/h1-51H. The van der Waals surface area contributed by atoms with Crippen LogP contribution in [0.4, 0.5) is 0 Å². The van der Waals surface area contributed by atoms with E-state index in [2.05, 4.69) is 328 Å². The molecular weight excluding hydrogens is 1070 g/mol. The first kappa shape index (κ1) is 49.5. The summed E-state index contributed by atoms with van der Waals surface area (Å²) in [5, 5.41) is 9.30. The van der Waals surface area contributed by atoms with Gasteiger partial charge in [-0.1, -0.05) is 224 Å². The Morgan fingerprint density at radius 1 is 0.193 bits per heavy atom. The summed E-state index contributed by atoms with van der Waals surface area (Å²) >= 11 is 0. The van der Waals surface area contributed by atoms with Crippen molar-refractivity contribution in [1.82, 2.24) is 33.2 Å². The zero-order valence-corrected chi connectivity index (χ0v) is 47.6.